The normalized spacial score (nSPS) is 23.4. The molecule has 0 spiro atoms. The number of ether oxygens (including phenoxy) is 2. The van der Waals surface area contributed by atoms with Crippen molar-refractivity contribution in [2.24, 2.45) is 0 Å². The van der Waals surface area contributed by atoms with E-state index in [2.05, 4.69) is 10.2 Å². The summed E-state index contributed by atoms with van der Waals surface area (Å²) >= 11 is 0. The number of hydrogen-bond acceptors (Lipinski definition) is 5. The summed E-state index contributed by atoms with van der Waals surface area (Å²) in [7, 11) is 1.46. The Morgan fingerprint density at radius 1 is 1.44 bits per heavy atom. The van der Waals surface area contributed by atoms with Crippen LogP contribution in [-0.2, 0) is 14.3 Å². The van der Waals surface area contributed by atoms with Crippen molar-refractivity contribution in [2.45, 2.75) is 37.8 Å². The monoisotopic (exact) mass is 256 g/mol. The zero-order valence-electron chi connectivity index (χ0n) is 11.2. The van der Waals surface area contributed by atoms with Gasteiger partial charge in [-0.25, -0.2) is 0 Å². The second-order valence-electron chi connectivity index (χ2n) is 5.11. The molecule has 0 amide bonds. The molecule has 5 nitrogen and oxygen atoms in total. The fourth-order valence-corrected chi connectivity index (χ4v) is 2.28. The number of carbonyl (C=O) groups is 1. The molecular formula is C13H24N2O3. The van der Waals surface area contributed by atoms with E-state index in [9.17, 15) is 4.79 Å². The molecule has 1 saturated carbocycles. The molecule has 1 unspecified atom stereocenters. The van der Waals surface area contributed by atoms with Crippen molar-refractivity contribution in [3.63, 3.8) is 0 Å². The van der Waals surface area contributed by atoms with E-state index in [1.807, 2.05) is 0 Å². The van der Waals surface area contributed by atoms with Gasteiger partial charge in [0.25, 0.3) is 0 Å². The van der Waals surface area contributed by atoms with E-state index in [4.69, 9.17) is 9.47 Å². The molecule has 0 radical (unpaired) electrons. The van der Waals surface area contributed by atoms with E-state index >= 15 is 0 Å². The van der Waals surface area contributed by atoms with Crippen molar-refractivity contribution < 1.29 is 14.3 Å². The first-order valence-electron chi connectivity index (χ1n) is 6.93. The van der Waals surface area contributed by atoms with Gasteiger partial charge in [-0.1, -0.05) is 0 Å². The molecule has 2 fully saturated rings. The van der Waals surface area contributed by atoms with Crippen molar-refractivity contribution in [3.05, 3.63) is 0 Å². The third-order valence-electron chi connectivity index (χ3n) is 3.55. The standard InChI is InChI=1S/C13H24N2O3/c1-17-13(16)12(14-11-3-4-11)5-7-15-6-2-9-18-10-8-15/h11-12,14H,2-10H2,1H3. The predicted molar refractivity (Wildman–Crippen MR) is 68.5 cm³/mol. The van der Waals surface area contributed by atoms with E-state index in [0.29, 0.717) is 6.04 Å². The van der Waals surface area contributed by atoms with Crippen molar-refractivity contribution in [2.75, 3.05) is 40.0 Å². The number of methoxy groups -OCH3 is 1. The second kappa shape index (κ2) is 7.07. The zero-order valence-corrected chi connectivity index (χ0v) is 11.2. The fourth-order valence-electron chi connectivity index (χ4n) is 2.28. The lowest BCUT2D eigenvalue weighted by atomic mass is 10.2. The summed E-state index contributed by atoms with van der Waals surface area (Å²) in [5, 5.41) is 3.36. The van der Waals surface area contributed by atoms with Gasteiger partial charge in [0.05, 0.1) is 13.7 Å². The van der Waals surface area contributed by atoms with Crippen LogP contribution in [0.5, 0.6) is 0 Å². The minimum atomic E-state index is -0.147. The first kappa shape index (κ1) is 13.8. The Balaban J connectivity index is 1.74. The smallest absolute Gasteiger partial charge is 0.322 e. The minimum absolute atomic E-state index is 0.132. The Kier molecular flexibility index (Phi) is 5.41. The molecular weight excluding hydrogens is 232 g/mol. The number of hydrogen-bond donors (Lipinski definition) is 1. The number of carbonyl (C=O) groups excluding carboxylic acids is 1. The molecule has 1 aliphatic carbocycles. The van der Waals surface area contributed by atoms with Gasteiger partial charge in [0.1, 0.15) is 6.04 Å². The summed E-state index contributed by atoms with van der Waals surface area (Å²) in [6, 6.07) is 0.383. The molecule has 1 heterocycles. The number of esters is 1. The summed E-state index contributed by atoms with van der Waals surface area (Å²) in [6.07, 6.45) is 4.28. The van der Waals surface area contributed by atoms with Crippen LogP contribution >= 0.6 is 0 Å². The SMILES string of the molecule is COC(=O)C(CCN1CCCOCC1)NC1CC1. The molecule has 1 aliphatic heterocycles. The molecule has 0 aromatic rings. The van der Waals surface area contributed by atoms with E-state index < -0.39 is 0 Å². The highest BCUT2D eigenvalue weighted by Gasteiger charge is 2.29. The summed E-state index contributed by atoms with van der Waals surface area (Å²) in [5.74, 6) is -0.132. The Morgan fingerprint density at radius 2 is 2.28 bits per heavy atom. The Hall–Kier alpha value is -0.650. The van der Waals surface area contributed by atoms with Gasteiger partial charge < -0.3 is 19.7 Å². The first-order valence-corrected chi connectivity index (χ1v) is 6.93. The molecule has 1 N–H and O–H groups in total. The topological polar surface area (TPSA) is 50.8 Å². The molecule has 18 heavy (non-hydrogen) atoms. The molecule has 104 valence electrons. The lowest BCUT2D eigenvalue weighted by Gasteiger charge is -2.22. The van der Waals surface area contributed by atoms with Gasteiger partial charge in [-0.3, -0.25) is 4.79 Å². The van der Waals surface area contributed by atoms with Crippen molar-refractivity contribution >= 4 is 5.97 Å². The van der Waals surface area contributed by atoms with Crippen molar-refractivity contribution in [3.8, 4) is 0 Å². The average molecular weight is 256 g/mol. The number of nitrogens with zero attached hydrogens (tertiary/aromatic N) is 1. The van der Waals surface area contributed by atoms with Crippen LogP contribution in [0, 0.1) is 0 Å². The highest BCUT2D eigenvalue weighted by molar-refractivity contribution is 5.75. The summed E-state index contributed by atoms with van der Waals surface area (Å²) < 4.78 is 10.3. The first-order chi connectivity index (χ1) is 8.79. The summed E-state index contributed by atoms with van der Waals surface area (Å²) in [4.78, 5) is 14.1. The fraction of sp³-hybridized carbons (Fsp3) is 0.923. The van der Waals surface area contributed by atoms with Crippen LogP contribution in [0.4, 0.5) is 0 Å². The molecule has 0 aromatic carbocycles. The zero-order chi connectivity index (χ0) is 12.8. The van der Waals surface area contributed by atoms with Gasteiger partial charge in [0.15, 0.2) is 0 Å². The van der Waals surface area contributed by atoms with Gasteiger partial charge in [0, 0.05) is 32.3 Å². The van der Waals surface area contributed by atoms with E-state index in [0.717, 1.165) is 45.7 Å². The maximum absolute atomic E-state index is 11.7. The maximum Gasteiger partial charge on any atom is 0.322 e. The van der Waals surface area contributed by atoms with Gasteiger partial charge in [-0.2, -0.15) is 0 Å². The lowest BCUT2D eigenvalue weighted by Crippen LogP contribution is -2.42. The molecule has 1 atom stereocenters. The van der Waals surface area contributed by atoms with Crippen molar-refractivity contribution in [1.29, 1.82) is 0 Å². The molecule has 0 bridgehead atoms. The van der Waals surface area contributed by atoms with Crippen LogP contribution in [-0.4, -0.2) is 62.9 Å². The molecule has 0 aromatic heterocycles. The van der Waals surface area contributed by atoms with Crippen LogP contribution in [0.1, 0.15) is 25.7 Å². The largest absolute Gasteiger partial charge is 0.468 e. The van der Waals surface area contributed by atoms with Gasteiger partial charge in [0.2, 0.25) is 0 Å². The third-order valence-corrected chi connectivity index (χ3v) is 3.55. The summed E-state index contributed by atoms with van der Waals surface area (Å²) in [5.41, 5.74) is 0. The molecule has 5 heteroatoms. The second-order valence-corrected chi connectivity index (χ2v) is 5.11. The van der Waals surface area contributed by atoms with Crippen LogP contribution in [0.2, 0.25) is 0 Å². The van der Waals surface area contributed by atoms with Crippen molar-refractivity contribution in [1.82, 2.24) is 10.2 Å². The van der Waals surface area contributed by atoms with Crippen LogP contribution in [0.3, 0.4) is 0 Å². The lowest BCUT2D eigenvalue weighted by molar-refractivity contribution is -0.143. The Morgan fingerprint density at radius 3 is 3.00 bits per heavy atom. The quantitative estimate of drug-likeness (QED) is 0.697. The highest BCUT2D eigenvalue weighted by Crippen LogP contribution is 2.20. The Bertz CT molecular complexity index is 261. The minimum Gasteiger partial charge on any atom is -0.468 e. The van der Waals surface area contributed by atoms with Crippen LogP contribution in [0.15, 0.2) is 0 Å². The highest BCUT2D eigenvalue weighted by atomic mass is 16.5. The Labute approximate surface area is 109 Å². The molecule has 2 rings (SSSR count). The van der Waals surface area contributed by atoms with Gasteiger partial charge >= 0.3 is 5.97 Å². The van der Waals surface area contributed by atoms with E-state index in [1.165, 1.54) is 20.0 Å². The number of rotatable bonds is 6. The third kappa shape index (κ3) is 4.55. The van der Waals surface area contributed by atoms with Crippen LogP contribution < -0.4 is 5.32 Å². The van der Waals surface area contributed by atoms with Gasteiger partial charge in [-0.15, -0.1) is 0 Å². The van der Waals surface area contributed by atoms with Gasteiger partial charge in [-0.05, 0) is 25.7 Å². The van der Waals surface area contributed by atoms with E-state index in [1.54, 1.807) is 0 Å². The number of nitrogens with one attached hydrogen (secondary N) is 1. The molecule has 1 saturated heterocycles. The summed E-state index contributed by atoms with van der Waals surface area (Å²) in [6.45, 7) is 4.63. The molecule has 2 aliphatic rings. The average Bonchev–Trinajstić information content (AvgIpc) is 3.20. The predicted octanol–water partition coefficient (Wildman–Crippen LogP) is 0.392. The van der Waals surface area contributed by atoms with Crippen LogP contribution in [0.25, 0.3) is 0 Å². The maximum atomic E-state index is 11.7. The van der Waals surface area contributed by atoms with E-state index in [-0.39, 0.29) is 12.0 Å².